The van der Waals surface area contributed by atoms with E-state index in [9.17, 15) is 9.59 Å². The monoisotopic (exact) mass is 609 g/mol. The second-order valence-corrected chi connectivity index (χ2v) is 11.5. The highest BCUT2D eigenvalue weighted by Gasteiger charge is 2.25. The molecular formula is C36H39N3O6. The van der Waals surface area contributed by atoms with Gasteiger partial charge >= 0.3 is 0 Å². The van der Waals surface area contributed by atoms with Crippen molar-refractivity contribution in [3.05, 3.63) is 102 Å². The van der Waals surface area contributed by atoms with Gasteiger partial charge in [-0.3, -0.25) is 20.1 Å². The van der Waals surface area contributed by atoms with Gasteiger partial charge in [0.1, 0.15) is 22.8 Å². The Morgan fingerprint density at radius 2 is 1.51 bits per heavy atom. The Morgan fingerprint density at radius 1 is 0.844 bits per heavy atom. The first-order valence-corrected chi connectivity index (χ1v) is 14.6. The molecule has 1 heterocycles. The molecule has 5 rings (SSSR count). The molecule has 4 aromatic carbocycles. The van der Waals surface area contributed by atoms with Gasteiger partial charge in [0.05, 0.1) is 5.56 Å². The highest BCUT2D eigenvalue weighted by molar-refractivity contribution is 6.13. The maximum Gasteiger partial charge on any atom is 0.255 e. The lowest BCUT2D eigenvalue weighted by Crippen LogP contribution is -2.40. The molecule has 9 heteroatoms. The molecule has 45 heavy (non-hydrogen) atoms. The first kappa shape index (κ1) is 32.8. The summed E-state index contributed by atoms with van der Waals surface area (Å²) in [5.74, 6) is 1.50. The summed E-state index contributed by atoms with van der Waals surface area (Å²) in [5, 5.41) is 18.5. The highest BCUT2D eigenvalue weighted by atomic mass is 17.0. The summed E-state index contributed by atoms with van der Waals surface area (Å²) in [6.07, 6.45) is 0. The van der Waals surface area contributed by atoms with Crippen LogP contribution >= 0.6 is 0 Å². The van der Waals surface area contributed by atoms with Crippen molar-refractivity contribution in [1.29, 1.82) is 0 Å². The van der Waals surface area contributed by atoms with E-state index in [1.165, 1.54) is 0 Å². The van der Waals surface area contributed by atoms with Crippen LogP contribution in [0.2, 0.25) is 0 Å². The number of ether oxygens (including phenoxy) is 1. The van der Waals surface area contributed by atoms with Crippen LogP contribution in [-0.4, -0.2) is 48.5 Å². The number of hydrogen-bond acceptors (Lipinski definition) is 7. The molecule has 0 spiro atoms. The van der Waals surface area contributed by atoms with E-state index >= 15 is 0 Å². The quantitative estimate of drug-likeness (QED) is 0.104. The van der Waals surface area contributed by atoms with Crippen LogP contribution in [0.5, 0.6) is 11.5 Å². The van der Waals surface area contributed by atoms with Crippen LogP contribution in [0.1, 0.15) is 48.4 Å². The van der Waals surface area contributed by atoms with Gasteiger partial charge in [-0.15, -0.1) is 0 Å². The number of rotatable bonds is 8. The van der Waals surface area contributed by atoms with Crippen molar-refractivity contribution in [3.8, 4) is 33.9 Å². The number of furan rings is 1. The van der Waals surface area contributed by atoms with Gasteiger partial charge < -0.3 is 24.7 Å². The van der Waals surface area contributed by atoms with Gasteiger partial charge in [0.25, 0.3) is 11.8 Å². The lowest BCUT2D eigenvalue weighted by Gasteiger charge is -2.22. The third kappa shape index (κ3) is 7.52. The molecule has 0 saturated heterocycles. The highest BCUT2D eigenvalue weighted by Crippen LogP contribution is 2.41. The maximum atomic E-state index is 13.3. The minimum absolute atomic E-state index is 0.142. The third-order valence-electron chi connectivity index (χ3n) is 7.17. The van der Waals surface area contributed by atoms with Gasteiger partial charge in [0.15, 0.2) is 0 Å². The number of hydrogen-bond donors (Lipinski definition) is 4. The summed E-state index contributed by atoms with van der Waals surface area (Å²) in [7, 11) is 3.62. The fraction of sp³-hybridized carbons (Fsp3) is 0.222. The van der Waals surface area contributed by atoms with Crippen molar-refractivity contribution in [2.24, 2.45) is 0 Å². The summed E-state index contributed by atoms with van der Waals surface area (Å²) < 4.78 is 12.4. The van der Waals surface area contributed by atoms with Crippen molar-refractivity contribution in [2.75, 3.05) is 25.5 Å². The van der Waals surface area contributed by atoms with E-state index in [0.29, 0.717) is 33.6 Å². The van der Waals surface area contributed by atoms with Crippen molar-refractivity contribution < 1.29 is 29.3 Å². The number of para-hydroxylation sites is 1. The Bertz CT molecular complexity index is 1770. The summed E-state index contributed by atoms with van der Waals surface area (Å²) in [6.45, 7) is 8.69. The molecule has 9 nitrogen and oxygen atoms in total. The van der Waals surface area contributed by atoms with Gasteiger partial charge in [-0.25, -0.2) is 0 Å². The molecule has 0 saturated carbocycles. The minimum Gasteiger partial charge on any atom is -0.457 e. The van der Waals surface area contributed by atoms with Crippen molar-refractivity contribution in [2.45, 2.75) is 33.2 Å². The number of carbonyl (C=O) groups is 2. The maximum absolute atomic E-state index is 13.3. The topological polar surface area (TPSA) is 124 Å². The van der Waals surface area contributed by atoms with E-state index in [-0.39, 0.29) is 17.4 Å². The summed E-state index contributed by atoms with van der Waals surface area (Å²) in [6, 6.07) is 28.6. The van der Waals surface area contributed by atoms with Crippen LogP contribution in [0.15, 0.2) is 95.4 Å². The number of nitrogens with one attached hydrogen (secondary N) is 2. The fourth-order valence-corrected chi connectivity index (χ4v) is 4.94. The molecule has 4 N–H and O–H groups in total. The SMILES string of the molecule is CCN(C)c1cc2oc(-c3ccc(Oc4ccccc4)cc3)c(C(=O)NC)c2cc1-c1cccc(C(=O)NC(C)(C)C)c1.OO. The molecule has 2 amide bonds. The van der Waals surface area contributed by atoms with Crippen LogP contribution in [0, 0.1) is 0 Å². The molecule has 0 aliphatic carbocycles. The Kier molecular flexibility index (Phi) is 10.3. The molecule has 0 bridgehead atoms. The summed E-state index contributed by atoms with van der Waals surface area (Å²) >= 11 is 0. The average Bonchev–Trinajstić information content (AvgIpc) is 3.43. The normalized spacial score (nSPS) is 10.9. The molecule has 0 atom stereocenters. The standard InChI is InChI=1S/C36H37N3O4.H2O2/c1-7-39(6)30-22-31-29(21-28(30)24-12-11-13-25(20-24)34(40)38-36(2,3)4)32(35(41)37-5)33(43-31)23-16-18-27(19-17-23)42-26-14-9-8-10-15-26;1-2/h8-22H,7H2,1-6H3,(H,37,41)(H,38,40);1-2H. The number of nitrogens with zero attached hydrogens (tertiary/aromatic N) is 1. The second-order valence-electron chi connectivity index (χ2n) is 11.5. The molecule has 0 radical (unpaired) electrons. The van der Waals surface area contributed by atoms with E-state index in [2.05, 4.69) is 22.5 Å². The van der Waals surface area contributed by atoms with Crippen LogP contribution in [0.3, 0.4) is 0 Å². The molecular weight excluding hydrogens is 570 g/mol. The van der Waals surface area contributed by atoms with E-state index in [0.717, 1.165) is 34.7 Å². The number of amides is 2. The van der Waals surface area contributed by atoms with E-state index in [1.807, 2.05) is 119 Å². The van der Waals surface area contributed by atoms with Gasteiger partial charge in [-0.05, 0) is 87.9 Å². The lowest BCUT2D eigenvalue weighted by atomic mass is 9.96. The van der Waals surface area contributed by atoms with Gasteiger partial charge in [0.2, 0.25) is 0 Å². The summed E-state index contributed by atoms with van der Waals surface area (Å²) in [4.78, 5) is 28.5. The van der Waals surface area contributed by atoms with Crippen LogP contribution < -0.4 is 20.3 Å². The zero-order valence-corrected chi connectivity index (χ0v) is 26.3. The zero-order valence-electron chi connectivity index (χ0n) is 26.3. The molecule has 0 aliphatic heterocycles. The Labute approximate surface area is 263 Å². The molecule has 234 valence electrons. The predicted octanol–water partition coefficient (Wildman–Crippen LogP) is 7.92. The van der Waals surface area contributed by atoms with Crippen LogP contribution in [0.25, 0.3) is 33.4 Å². The second kappa shape index (κ2) is 14.1. The van der Waals surface area contributed by atoms with E-state index in [1.54, 1.807) is 7.05 Å². The third-order valence-corrected chi connectivity index (χ3v) is 7.17. The Morgan fingerprint density at radius 3 is 2.13 bits per heavy atom. The van der Waals surface area contributed by atoms with Gasteiger partial charge in [0, 0.05) is 60.0 Å². The zero-order chi connectivity index (χ0) is 32.7. The molecule has 0 unspecified atom stereocenters. The number of anilines is 1. The first-order chi connectivity index (χ1) is 21.6. The Hall–Kier alpha value is -5.12. The lowest BCUT2D eigenvalue weighted by molar-refractivity contribution is -0.176. The van der Waals surface area contributed by atoms with Crippen LogP contribution in [0.4, 0.5) is 5.69 Å². The first-order valence-electron chi connectivity index (χ1n) is 14.6. The average molecular weight is 610 g/mol. The Balaban J connectivity index is 0.00000226. The largest absolute Gasteiger partial charge is 0.457 e. The van der Waals surface area contributed by atoms with Crippen molar-refractivity contribution >= 4 is 28.5 Å². The number of benzene rings is 4. The van der Waals surface area contributed by atoms with Crippen molar-refractivity contribution in [1.82, 2.24) is 10.6 Å². The molecule has 1 aromatic heterocycles. The van der Waals surface area contributed by atoms with Crippen molar-refractivity contribution in [3.63, 3.8) is 0 Å². The van der Waals surface area contributed by atoms with Crippen LogP contribution in [-0.2, 0) is 0 Å². The molecule has 0 aliphatic rings. The van der Waals surface area contributed by atoms with Gasteiger partial charge in [-0.2, -0.15) is 0 Å². The minimum atomic E-state index is -0.360. The molecule has 5 aromatic rings. The van der Waals surface area contributed by atoms with E-state index < -0.39 is 0 Å². The van der Waals surface area contributed by atoms with E-state index in [4.69, 9.17) is 19.7 Å². The number of fused-ring (bicyclic) bond motifs is 1. The molecule has 0 fully saturated rings. The van der Waals surface area contributed by atoms with Gasteiger partial charge in [-0.1, -0.05) is 30.3 Å². The fourth-order valence-electron chi connectivity index (χ4n) is 4.94. The smallest absolute Gasteiger partial charge is 0.255 e. The predicted molar refractivity (Wildman–Crippen MR) is 178 cm³/mol. The number of carbonyl (C=O) groups excluding carboxylic acids is 2. The summed E-state index contributed by atoms with van der Waals surface area (Å²) in [5.41, 5.74) is 4.69.